The Morgan fingerprint density at radius 1 is 1.11 bits per heavy atom. The summed E-state index contributed by atoms with van der Waals surface area (Å²) in [6.45, 7) is 1.03. The van der Waals surface area contributed by atoms with Crippen LogP contribution in [0.25, 0.3) is 21.1 Å². The number of hydrogen-bond acceptors (Lipinski definition) is 7. The van der Waals surface area contributed by atoms with E-state index in [-0.39, 0.29) is 47.7 Å². The number of para-hydroxylation sites is 1. The summed E-state index contributed by atoms with van der Waals surface area (Å²) in [5, 5.41) is 6.98. The molecule has 5 atom stereocenters. The predicted molar refractivity (Wildman–Crippen MR) is 167 cm³/mol. The molecule has 11 heteroatoms. The third-order valence-corrected chi connectivity index (χ3v) is 10.6. The van der Waals surface area contributed by atoms with Gasteiger partial charge in [-0.2, -0.15) is 0 Å². The van der Waals surface area contributed by atoms with Gasteiger partial charge in [0.25, 0.3) is 5.91 Å². The smallest absolute Gasteiger partial charge is 0.271 e. The summed E-state index contributed by atoms with van der Waals surface area (Å²) >= 11 is 1.29. The van der Waals surface area contributed by atoms with E-state index in [1.165, 1.54) is 11.3 Å². The number of aromatic amines is 1. The van der Waals surface area contributed by atoms with E-state index in [4.69, 9.17) is 4.74 Å². The van der Waals surface area contributed by atoms with Crippen LogP contribution in [0.1, 0.15) is 58.8 Å². The minimum absolute atomic E-state index is 0.000374. The van der Waals surface area contributed by atoms with Gasteiger partial charge in [-0.1, -0.05) is 31.0 Å². The maximum atomic E-state index is 14.3. The van der Waals surface area contributed by atoms with Crippen LogP contribution in [0, 0.1) is 17.8 Å². The summed E-state index contributed by atoms with van der Waals surface area (Å²) < 4.78 is 6.37. The second-order valence-electron chi connectivity index (χ2n) is 12.1. The summed E-state index contributed by atoms with van der Waals surface area (Å²) in [6, 6.07) is 13.3. The second-order valence-corrected chi connectivity index (χ2v) is 13.2. The van der Waals surface area contributed by atoms with Crippen LogP contribution in [0.3, 0.4) is 0 Å². The topological polar surface area (TPSA) is 133 Å². The SMILES string of the molecule is COc1cccc2[nH]c(C(=O)N3C[C@@H]4CCCC[C@@H]4[C@H]3C(=O)N[C@@H](C[C@@H]3CCNC3=O)C(=O)c3nc4ccccc4s3)cc12. The first kappa shape index (κ1) is 28.5. The molecule has 7 rings (SSSR count). The minimum Gasteiger partial charge on any atom is -0.496 e. The van der Waals surface area contributed by atoms with Crippen molar-refractivity contribution < 1.29 is 23.9 Å². The van der Waals surface area contributed by atoms with Crippen molar-refractivity contribution in [1.29, 1.82) is 0 Å². The van der Waals surface area contributed by atoms with Gasteiger partial charge in [0.2, 0.25) is 17.6 Å². The number of fused-ring (bicyclic) bond motifs is 3. The molecule has 4 aromatic rings. The number of H-pyrrole nitrogens is 1. The molecule has 10 nitrogen and oxygen atoms in total. The molecule has 0 bridgehead atoms. The number of ether oxygens (including phenoxy) is 1. The number of carbonyl (C=O) groups is 4. The highest BCUT2D eigenvalue weighted by Gasteiger charge is 2.49. The van der Waals surface area contributed by atoms with E-state index < -0.39 is 12.1 Å². The Kier molecular flexibility index (Phi) is 7.57. The van der Waals surface area contributed by atoms with Crippen molar-refractivity contribution >= 4 is 56.0 Å². The molecular weight excluding hydrogens is 578 g/mol. The van der Waals surface area contributed by atoms with Gasteiger partial charge in [0.15, 0.2) is 5.01 Å². The molecule has 2 aromatic heterocycles. The second kappa shape index (κ2) is 11.7. The number of nitrogens with one attached hydrogen (secondary N) is 3. The normalized spacial score (nSPS) is 23.8. The first-order chi connectivity index (χ1) is 21.4. The Morgan fingerprint density at radius 2 is 1.95 bits per heavy atom. The number of hydrogen-bond donors (Lipinski definition) is 3. The first-order valence-electron chi connectivity index (χ1n) is 15.4. The van der Waals surface area contributed by atoms with E-state index in [1.807, 2.05) is 42.5 Å². The molecular formula is C33H35N5O5S. The van der Waals surface area contributed by atoms with Crippen LogP contribution in [-0.2, 0) is 9.59 Å². The van der Waals surface area contributed by atoms with E-state index in [0.717, 1.165) is 46.8 Å². The fraction of sp³-hybridized carbons (Fsp3) is 0.424. The summed E-state index contributed by atoms with van der Waals surface area (Å²) in [7, 11) is 1.59. The van der Waals surface area contributed by atoms with E-state index in [1.54, 1.807) is 18.1 Å². The number of benzene rings is 2. The summed E-state index contributed by atoms with van der Waals surface area (Å²) in [6.07, 6.45) is 4.64. The standard InChI is InChI=1S/C33H35N5O5S/c1-43-26-11-6-10-22-21(26)16-25(35-22)33(42)38-17-19-7-2-3-8-20(19)28(38)31(41)36-24(15-18-13-14-34-30(18)40)29(39)32-37-23-9-4-5-12-27(23)44-32/h4-6,9-12,16,18-20,24,28,35H,2-3,7-8,13-15,17H2,1H3,(H,34,40)(H,36,41)/t18-,19-,20-,24-,28-/m0/s1. The molecule has 0 spiro atoms. The first-order valence-corrected chi connectivity index (χ1v) is 16.2. The molecule has 2 aliphatic heterocycles. The number of likely N-dealkylation sites (tertiary alicyclic amines) is 1. The summed E-state index contributed by atoms with van der Waals surface area (Å²) in [5.41, 5.74) is 1.89. The molecule has 2 saturated heterocycles. The Labute approximate surface area is 258 Å². The lowest BCUT2D eigenvalue weighted by Crippen LogP contribution is -2.53. The van der Waals surface area contributed by atoms with Crippen molar-refractivity contribution in [3.63, 3.8) is 0 Å². The fourth-order valence-corrected chi connectivity index (χ4v) is 8.33. The molecule has 3 fully saturated rings. The van der Waals surface area contributed by atoms with Crippen LogP contribution in [-0.4, -0.2) is 70.7 Å². The zero-order chi connectivity index (χ0) is 30.4. The maximum absolute atomic E-state index is 14.3. The Bertz CT molecular complexity index is 1730. The van der Waals surface area contributed by atoms with Gasteiger partial charge in [-0.25, -0.2) is 4.98 Å². The molecule has 4 heterocycles. The third-order valence-electron chi connectivity index (χ3n) is 9.57. The monoisotopic (exact) mass is 613 g/mol. The largest absolute Gasteiger partial charge is 0.496 e. The lowest BCUT2D eigenvalue weighted by molar-refractivity contribution is -0.127. The third kappa shape index (κ3) is 5.12. The van der Waals surface area contributed by atoms with Gasteiger partial charge in [0.05, 0.1) is 23.4 Å². The van der Waals surface area contributed by atoms with Gasteiger partial charge in [-0.3, -0.25) is 19.2 Å². The molecule has 0 unspecified atom stereocenters. The molecule has 3 aliphatic rings. The van der Waals surface area contributed by atoms with Crippen molar-refractivity contribution in [2.75, 3.05) is 20.2 Å². The molecule has 3 amide bonds. The Balaban J connectivity index is 1.19. The van der Waals surface area contributed by atoms with E-state index in [0.29, 0.717) is 36.0 Å². The van der Waals surface area contributed by atoms with Crippen molar-refractivity contribution in [1.82, 2.24) is 25.5 Å². The van der Waals surface area contributed by atoms with Gasteiger partial charge in [-0.05, 0) is 67.9 Å². The number of rotatable bonds is 8. The Hall–Kier alpha value is -4.25. The van der Waals surface area contributed by atoms with Crippen molar-refractivity contribution in [2.24, 2.45) is 17.8 Å². The molecule has 1 aliphatic carbocycles. The van der Waals surface area contributed by atoms with Gasteiger partial charge < -0.3 is 25.3 Å². The van der Waals surface area contributed by atoms with Crippen molar-refractivity contribution in [2.45, 2.75) is 50.6 Å². The highest BCUT2D eigenvalue weighted by Crippen LogP contribution is 2.41. The summed E-state index contributed by atoms with van der Waals surface area (Å²) in [4.78, 5) is 64.3. The van der Waals surface area contributed by atoms with Crippen LogP contribution in [0.2, 0.25) is 0 Å². The van der Waals surface area contributed by atoms with Gasteiger partial charge >= 0.3 is 0 Å². The summed E-state index contributed by atoms with van der Waals surface area (Å²) in [5.74, 6) is -0.529. The molecule has 0 radical (unpaired) electrons. The van der Waals surface area contributed by atoms with Crippen molar-refractivity contribution in [3.8, 4) is 5.75 Å². The van der Waals surface area contributed by atoms with Gasteiger partial charge in [0.1, 0.15) is 17.5 Å². The van der Waals surface area contributed by atoms with E-state index in [2.05, 4.69) is 20.6 Å². The Morgan fingerprint density at radius 3 is 2.75 bits per heavy atom. The minimum atomic E-state index is -0.936. The molecule has 1 saturated carbocycles. The highest BCUT2D eigenvalue weighted by atomic mass is 32.1. The highest BCUT2D eigenvalue weighted by molar-refractivity contribution is 7.20. The van der Waals surface area contributed by atoms with Crippen LogP contribution >= 0.6 is 11.3 Å². The molecule has 228 valence electrons. The number of aromatic nitrogens is 2. The van der Waals surface area contributed by atoms with Gasteiger partial charge in [-0.15, -0.1) is 11.3 Å². The molecule has 44 heavy (non-hydrogen) atoms. The van der Waals surface area contributed by atoms with E-state index >= 15 is 0 Å². The van der Waals surface area contributed by atoms with Crippen molar-refractivity contribution in [3.05, 3.63) is 59.2 Å². The van der Waals surface area contributed by atoms with Gasteiger partial charge in [0, 0.05) is 29.9 Å². The maximum Gasteiger partial charge on any atom is 0.271 e. The van der Waals surface area contributed by atoms with Crippen LogP contribution < -0.4 is 15.4 Å². The predicted octanol–water partition coefficient (Wildman–Crippen LogP) is 4.31. The molecule has 2 aromatic carbocycles. The lowest BCUT2D eigenvalue weighted by Gasteiger charge is -2.31. The zero-order valence-electron chi connectivity index (χ0n) is 24.5. The number of methoxy groups -OCH3 is 1. The average Bonchev–Trinajstić information content (AvgIpc) is 3.84. The quantitative estimate of drug-likeness (QED) is 0.254. The number of carbonyl (C=O) groups excluding carboxylic acids is 4. The number of Topliss-reactive ketones (excluding diaryl/α,β-unsaturated/α-hetero) is 1. The van der Waals surface area contributed by atoms with Crippen LogP contribution in [0.4, 0.5) is 0 Å². The zero-order valence-corrected chi connectivity index (χ0v) is 25.3. The number of ketones is 1. The lowest BCUT2D eigenvalue weighted by atomic mass is 9.78. The number of nitrogens with zero attached hydrogens (tertiary/aromatic N) is 2. The molecule has 3 N–H and O–H groups in total. The average molecular weight is 614 g/mol. The van der Waals surface area contributed by atoms with Crippen LogP contribution in [0.15, 0.2) is 48.5 Å². The van der Waals surface area contributed by atoms with Crippen LogP contribution in [0.5, 0.6) is 5.75 Å². The fourth-order valence-electron chi connectivity index (χ4n) is 7.37. The number of thiazole rings is 1. The number of amides is 3. The van der Waals surface area contributed by atoms with E-state index in [9.17, 15) is 19.2 Å².